The highest BCUT2D eigenvalue weighted by Gasteiger charge is 2.18. The van der Waals surface area contributed by atoms with Crippen LogP contribution in [0.3, 0.4) is 0 Å². The minimum Gasteiger partial charge on any atom is -0.480 e. The zero-order valence-corrected chi connectivity index (χ0v) is 8.77. The van der Waals surface area contributed by atoms with Gasteiger partial charge in [0.1, 0.15) is 6.04 Å². The van der Waals surface area contributed by atoms with Crippen LogP contribution >= 0.6 is 0 Å². The van der Waals surface area contributed by atoms with E-state index in [1.54, 1.807) is 6.20 Å². The Labute approximate surface area is 83.5 Å². The number of rotatable bonds is 4. The standard InChI is InChI=1S/C10H16N2O2/c1-4-9(10(13)14)12-6-5-8(11-12)7(2)3/h5-7,9H,4H2,1-3H3,(H,13,14). The maximum Gasteiger partial charge on any atom is 0.328 e. The van der Waals surface area contributed by atoms with Gasteiger partial charge in [-0.2, -0.15) is 5.10 Å². The molecule has 4 heteroatoms. The zero-order chi connectivity index (χ0) is 10.7. The van der Waals surface area contributed by atoms with E-state index in [4.69, 9.17) is 5.11 Å². The average Bonchev–Trinajstić information content (AvgIpc) is 2.53. The fraction of sp³-hybridized carbons (Fsp3) is 0.600. The van der Waals surface area contributed by atoms with Crippen molar-refractivity contribution >= 4 is 5.97 Å². The first-order valence-corrected chi connectivity index (χ1v) is 4.84. The number of hydrogen-bond acceptors (Lipinski definition) is 2. The summed E-state index contributed by atoms with van der Waals surface area (Å²) in [6.45, 7) is 5.91. The van der Waals surface area contributed by atoms with Gasteiger partial charge in [-0.3, -0.25) is 4.68 Å². The molecule has 1 unspecified atom stereocenters. The van der Waals surface area contributed by atoms with E-state index in [0.717, 1.165) is 5.69 Å². The van der Waals surface area contributed by atoms with Crippen molar-refractivity contribution in [1.82, 2.24) is 9.78 Å². The summed E-state index contributed by atoms with van der Waals surface area (Å²) in [6, 6.07) is 1.33. The van der Waals surface area contributed by atoms with Crippen LogP contribution in [0.4, 0.5) is 0 Å². The van der Waals surface area contributed by atoms with Crippen LogP contribution in [0.15, 0.2) is 12.3 Å². The van der Waals surface area contributed by atoms with Gasteiger partial charge in [0.15, 0.2) is 0 Å². The predicted molar refractivity (Wildman–Crippen MR) is 53.3 cm³/mol. The minimum atomic E-state index is -0.828. The number of carboxylic acids is 1. The third-order valence-corrected chi connectivity index (χ3v) is 2.21. The highest BCUT2D eigenvalue weighted by molar-refractivity contribution is 5.71. The Morgan fingerprint density at radius 1 is 1.64 bits per heavy atom. The van der Waals surface area contributed by atoms with Crippen LogP contribution in [0.1, 0.15) is 44.8 Å². The summed E-state index contributed by atoms with van der Waals surface area (Å²) >= 11 is 0. The number of hydrogen-bond donors (Lipinski definition) is 1. The van der Waals surface area contributed by atoms with E-state index in [1.807, 2.05) is 26.8 Å². The molecule has 0 saturated carbocycles. The molecule has 0 aliphatic carbocycles. The number of aliphatic carboxylic acids is 1. The molecular formula is C10H16N2O2. The highest BCUT2D eigenvalue weighted by Crippen LogP contribution is 2.15. The third-order valence-electron chi connectivity index (χ3n) is 2.21. The van der Waals surface area contributed by atoms with Crippen molar-refractivity contribution in [2.24, 2.45) is 0 Å². The summed E-state index contributed by atoms with van der Waals surface area (Å²) in [5.41, 5.74) is 0.935. The van der Waals surface area contributed by atoms with E-state index in [1.165, 1.54) is 4.68 Å². The Kier molecular flexibility index (Phi) is 3.28. The van der Waals surface area contributed by atoms with E-state index >= 15 is 0 Å². The second kappa shape index (κ2) is 4.26. The van der Waals surface area contributed by atoms with Gasteiger partial charge in [-0.05, 0) is 18.4 Å². The lowest BCUT2D eigenvalue weighted by molar-refractivity contribution is -0.141. The maximum atomic E-state index is 10.8. The molecule has 0 bridgehead atoms. The molecule has 0 aliphatic rings. The summed E-state index contributed by atoms with van der Waals surface area (Å²) in [4.78, 5) is 10.8. The lowest BCUT2D eigenvalue weighted by atomic mass is 10.1. The second-order valence-corrected chi connectivity index (χ2v) is 3.64. The Morgan fingerprint density at radius 2 is 2.29 bits per heavy atom. The molecule has 0 fully saturated rings. The Hall–Kier alpha value is -1.32. The maximum absolute atomic E-state index is 10.8. The van der Waals surface area contributed by atoms with E-state index < -0.39 is 12.0 Å². The molecule has 4 nitrogen and oxygen atoms in total. The van der Waals surface area contributed by atoms with E-state index in [9.17, 15) is 4.79 Å². The topological polar surface area (TPSA) is 55.1 Å². The van der Waals surface area contributed by atoms with E-state index in [-0.39, 0.29) is 0 Å². The van der Waals surface area contributed by atoms with Crippen LogP contribution in [-0.4, -0.2) is 20.9 Å². The van der Waals surface area contributed by atoms with Crippen LogP contribution in [0.2, 0.25) is 0 Å². The molecule has 0 aliphatic heterocycles. The van der Waals surface area contributed by atoms with Crippen LogP contribution in [-0.2, 0) is 4.79 Å². The molecule has 14 heavy (non-hydrogen) atoms. The Morgan fingerprint density at radius 3 is 2.64 bits per heavy atom. The first kappa shape index (κ1) is 10.8. The summed E-state index contributed by atoms with van der Waals surface area (Å²) in [5.74, 6) is -0.492. The zero-order valence-electron chi connectivity index (χ0n) is 8.77. The van der Waals surface area contributed by atoms with Crippen molar-refractivity contribution in [2.75, 3.05) is 0 Å². The average molecular weight is 196 g/mol. The summed E-state index contributed by atoms with van der Waals surface area (Å²) < 4.78 is 1.53. The van der Waals surface area contributed by atoms with Crippen LogP contribution in [0.5, 0.6) is 0 Å². The first-order chi connectivity index (χ1) is 6.56. The van der Waals surface area contributed by atoms with Gasteiger partial charge in [-0.25, -0.2) is 4.79 Å². The minimum absolute atomic E-state index is 0.336. The Balaban J connectivity index is 2.89. The van der Waals surface area contributed by atoms with Gasteiger partial charge in [0.25, 0.3) is 0 Å². The SMILES string of the molecule is CCC(C(=O)O)n1ccc(C(C)C)n1. The molecule has 1 N–H and O–H groups in total. The van der Waals surface area contributed by atoms with Gasteiger partial charge >= 0.3 is 5.97 Å². The molecular weight excluding hydrogens is 180 g/mol. The fourth-order valence-corrected chi connectivity index (χ4v) is 1.31. The van der Waals surface area contributed by atoms with Gasteiger partial charge < -0.3 is 5.11 Å². The van der Waals surface area contributed by atoms with Crippen LogP contribution in [0, 0.1) is 0 Å². The molecule has 0 aromatic carbocycles. The lowest BCUT2D eigenvalue weighted by Crippen LogP contribution is -2.18. The van der Waals surface area contributed by atoms with E-state index in [0.29, 0.717) is 12.3 Å². The molecule has 78 valence electrons. The molecule has 1 heterocycles. The van der Waals surface area contributed by atoms with Crippen molar-refractivity contribution in [3.8, 4) is 0 Å². The van der Waals surface area contributed by atoms with Gasteiger partial charge in [-0.1, -0.05) is 20.8 Å². The first-order valence-electron chi connectivity index (χ1n) is 4.84. The van der Waals surface area contributed by atoms with Crippen molar-refractivity contribution in [3.05, 3.63) is 18.0 Å². The molecule has 1 aromatic rings. The molecule has 0 saturated heterocycles. The molecule has 1 atom stereocenters. The Bertz CT molecular complexity index is 318. The number of aromatic nitrogens is 2. The second-order valence-electron chi connectivity index (χ2n) is 3.64. The van der Waals surface area contributed by atoms with Crippen molar-refractivity contribution in [2.45, 2.75) is 39.2 Å². The quantitative estimate of drug-likeness (QED) is 0.801. The van der Waals surface area contributed by atoms with Gasteiger partial charge in [0.05, 0.1) is 5.69 Å². The number of carboxylic acid groups (broad SMARTS) is 1. The normalized spacial score (nSPS) is 13.1. The van der Waals surface area contributed by atoms with Gasteiger partial charge in [-0.15, -0.1) is 0 Å². The van der Waals surface area contributed by atoms with Crippen LogP contribution in [0.25, 0.3) is 0 Å². The van der Waals surface area contributed by atoms with Gasteiger partial charge in [0.2, 0.25) is 0 Å². The van der Waals surface area contributed by atoms with Crippen molar-refractivity contribution < 1.29 is 9.90 Å². The summed E-state index contributed by atoms with van der Waals surface area (Å²) in [5, 5.41) is 13.2. The fourth-order valence-electron chi connectivity index (χ4n) is 1.31. The van der Waals surface area contributed by atoms with Crippen LogP contribution < -0.4 is 0 Å². The third kappa shape index (κ3) is 2.13. The molecule has 0 amide bonds. The monoisotopic (exact) mass is 196 g/mol. The van der Waals surface area contributed by atoms with Crippen molar-refractivity contribution in [3.63, 3.8) is 0 Å². The molecule has 0 radical (unpaired) electrons. The lowest BCUT2D eigenvalue weighted by Gasteiger charge is -2.09. The predicted octanol–water partition coefficient (Wildman–Crippen LogP) is 2.04. The van der Waals surface area contributed by atoms with Gasteiger partial charge in [0, 0.05) is 6.20 Å². The van der Waals surface area contributed by atoms with E-state index in [2.05, 4.69) is 5.10 Å². The van der Waals surface area contributed by atoms with Crippen molar-refractivity contribution in [1.29, 1.82) is 0 Å². The smallest absolute Gasteiger partial charge is 0.328 e. The summed E-state index contributed by atoms with van der Waals surface area (Å²) in [6.07, 6.45) is 2.28. The molecule has 1 aromatic heterocycles. The number of nitrogens with zero attached hydrogens (tertiary/aromatic N) is 2. The largest absolute Gasteiger partial charge is 0.480 e. The molecule has 0 spiro atoms. The summed E-state index contributed by atoms with van der Waals surface area (Å²) in [7, 11) is 0. The highest BCUT2D eigenvalue weighted by atomic mass is 16.4. The molecule has 1 rings (SSSR count). The number of carbonyl (C=O) groups is 1.